The van der Waals surface area contributed by atoms with Crippen LogP contribution in [0.1, 0.15) is 70.5 Å². The summed E-state index contributed by atoms with van der Waals surface area (Å²) in [6.07, 6.45) is 10.8. The van der Waals surface area contributed by atoms with Crippen molar-refractivity contribution in [3.05, 3.63) is 11.9 Å². The van der Waals surface area contributed by atoms with Crippen LogP contribution in [-0.4, -0.2) is 15.0 Å². The summed E-state index contributed by atoms with van der Waals surface area (Å²) in [7, 11) is 0. The van der Waals surface area contributed by atoms with Crippen molar-refractivity contribution >= 4 is 0 Å². The first-order valence-electron chi connectivity index (χ1n) is 8.14. The predicted octanol–water partition coefficient (Wildman–Crippen LogP) is 2.80. The second-order valence-electron chi connectivity index (χ2n) is 6.10. The van der Waals surface area contributed by atoms with E-state index in [9.17, 15) is 0 Å². The first-order chi connectivity index (χ1) is 9.80. The van der Waals surface area contributed by atoms with Crippen LogP contribution in [0, 0.1) is 11.8 Å². The zero-order valence-corrected chi connectivity index (χ0v) is 12.9. The Hall–Kier alpha value is -0.940. The van der Waals surface area contributed by atoms with E-state index in [4.69, 9.17) is 5.84 Å². The minimum absolute atomic E-state index is 0.194. The highest BCUT2D eigenvalue weighted by Crippen LogP contribution is 2.37. The lowest BCUT2D eigenvalue weighted by atomic mass is 9.76. The van der Waals surface area contributed by atoms with Crippen LogP contribution in [0.2, 0.25) is 0 Å². The zero-order valence-electron chi connectivity index (χ0n) is 12.9. The lowest BCUT2D eigenvalue weighted by Gasteiger charge is -2.33. The standard InChI is InChI=1S/C15H29N5/c1-3-5-12-6-8-13(9-7-12)15(18-16)14-11-17-19-20(14)10-4-2/h11-13,15,18H,3-10,16H2,1-2H3. The molecule has 0 saturated heterocycles. The first-order valence-corrected chi connectivity index (χ1v) is 8.14. The molecule has 1 saturated carbocycles. The number of nitrogens with zero attached hydrogens (tertiary/aromatic N) is 3. The van der Waals surface area contributed by atoms with Gasteiger partial charge >= 0.3 is 0 Å². The van der Waals surface area contributed by atoms with Crippen LogP contribution in [0.4, 0.5) is 0 Å². The van der Waals surface area contributed by atoms with Crippen LogP contribution in [-0.2, 0) is 6.54 Å². The molecule has 0 aliphatic heterocycles. The molecule has 1 unspecified atom stereocenters. The van der Waals surface area contributed by atoms with Crippen LogP contribution in [0.15, 0.2) is 6.20 Å². The number of hydrogen-bond donors (Lipinski definition) is 2. The smallest absolute Gasteiger partial charge is 0.0772 e. The molecule has 1 atom stereocenters. The maximum absolute atomic E-state index is 5.83. The molecule has 0 bridgehead atoms. The molecule has 1 heterocycles. The average molecular weight is 279 g/mol. The van der Waals surface area contributed by atoms with Crippen LogP contribution in [0.3, 0.4) is 0 Å². The summed E-state index contributed by atoms with van der Waals surface area (Å²) in [6, 6.07) is 0.194. The Balaban J connectivity index is 2.00. The molecule has 1 aromatic rings. The molecular weight excluding hydrogens is 250 g/mol. The normalized spacial score (nSPS) is 24.8. The number of aromatic nitrogens is 3. The van der Waals surface area contributed by atoms with Crippen molar-refractivity contribution < 1.29 is 0 Å². The van der Waals surface area contributed by atoms with E-state index in [1.54, 1.807) is 0 Å². The highest BCUT2D eigenvalue weighted by molar-refractivity contribution is 5.04. The van der Waals surface area contributed by atoms with Crippen molar-refractivity contribution in [3.8, 4) is 0 Å². The largest absolute Gasteiger partial charge is 0.271 e. The van der Waals surface area contributed by atoms with Crippen LogP contribution in [0.5, 0.6) is 0 Å². The van der Waals surface area contributed by atoms with E-state index in [-0.39, 0.29) is 6.04 Å². The first kappa shape index (κ1) is 15.4. The van der Waals surface area contributed by atoms with Gasteiger partial charge in [-0.25, -0.2) is 4.68 Å². The van der Waals surface area contributed by atoms with Gasteiger partial charge in [0, 0.05) is 6.54 Å². The van der Waals surface area contributed by atoms with E-state index in [1.165, 1.54) is 38.5 Å². The van der Waals surface area contributed by atoms with E-state index in [0.717, 1.165) is 24.6 Å². The molecule has 3 N–H and O–H groups in total. The van der Waals surface area contributed by atoms with Crippen molar-refractivity contribution in [1.82, 2.24) is 20.4 Å². The maximum atomic E-state index is 5.83. The zero-order chi connectivity index (χ0) is 14.4. The Morgan fingerprint density at radius 2 is 2.05 bits per heavy atom. The highest BCUT2D eigenvalue weighted by Gasteiger charge is 2.29. The highest BCUT2D eigenvalue weighted by atomic mass is 15.4. The molecule has 2 rings (SSSR count). The fourth-order valence-electron chi connectivity index (χ4n) is 3.57. The Morgan fingerprint density at radius 3 is 2.65 bits per heavy atom. The number of nitrogens with two attached hydrogens (primary N) is 1. The van der Waals surface area contributed by atoms with E-state index < -0.39 is 0 Å². The van der Waals surface area contributed by atoms with Gasteiger partial charge in [-0.1, -0.05) is 44.7 Å². The van der Waals surface area contributed by atoms with Crippen LogP contribution >= 0.6 is 0 Å². The van der Waals surface area contributed by atoms with Crippen molar-refractivity contribution in [3.63, 3.8) is 0 Å². The van der Waals surface area contributed by atoms with Gasteiger partial charge in [-0.15, -0.1) is 5.10 Å². The predicted molar refractivity (Wildman–Crippen MR) is 80.7 cm³/mol. The van der Waals surface area contributed by atoms with Gasteiger partial charge in [-0.3, -0.25) is 11.3 Å². The third-order valence-electron chi connectivity index (χ3n) is 4.64. The average Bonchev–Trinajstić information content (AvgIpc) is 2.91. The fourth-order valence-corrected chi connectivity index (χ4v) is 3.57. The number of hydrogen-bond acceptors (Lipinski definition) is 4. The van der Waals surface area contributed by atoms with Crippen LogP contribution < -0.4 is 11.3 Å². The molecule has 5 heteroatoms. The van der Waals surface area contributed by atoms with Gasteiger partial charge in [-0.05, 0) is 31.1 Å². The van der Waals surface area contributed by atoms with Crippen molar-refractivity contribution in [2.24, 2.45) is 17.7 Å². The minimum atomic E-state index is 0.194. The second-order valence-corrected chi connectivity index (χ2v) is 6.10. The van der Waals surface area contributed by atoms with E-state index in [0.29, 0.717) is 5.92 Å². The van der Waals surface area contributed by atoms with Gasteiger partial charge in [-0.2, -0.15) is 0 Å². The molecule has 0 amide bonds. The molecule has 5 nitrogen and oxygen atoms in total. The summed E-state index contributed by atoms with van der Waals surface area (Å²) in [6.45, 7) is 5.36. The second kappa shape index (κ2) is 7.74. The van der Waals surface area contributed by atoms with Gasteiger partial charge in [0.15, 0.2) is 0 Å². The third-order valence-corrected chi connectivity index (χ3v) is 4.64. The molecule has 0 aromatic carbocycles. The Kier molecular flexibility index (Phi) is 5.98. The van der Waals surface area contributed by atoms with Crippen molar-refractivity contribution in [2.75, 3.05) is 0 Å². The lowest BCUT2D eigenvalue weighted by molar-refractivity contribution is 0.209. The summed E-state index contributed by atoms with van der Waals surface area (Å²) in [5.41, 5.74) is 4.17. The number of hydrazine groups is 1. The van der Waals surface area contributed by atoms with E-state index in [1.807, 2.05) is 10.9 Å². The Bertz CT molecular complexity index is 381. The molecular formula is C15H29N5. The molecule has 114 valence electrons. The van der Waals surface area contributed by atoms with Crippen LogP contribution in [0.25, 0.3) is 0 Å². The van der Waals surface area contributed by atoms with Gasteiger partial charge < -0.3 is 0 Å². The molecule has 1 aliphatic carbocycles. The SMILES string of the molecule is CCCC1CCC(C(NN)c2cnnn2CCC)CC1. The van der Waals surface area contributed by atoms with Gasteiger partial charge in [0.05, 0.1) is 17.9 Å². The fraction of sp³-hybridized carbons (Fsp3) is 0.867. The summed E-state index contributed by atoms with van der Waals surface area (Å²) in [4.78, 5) is 0. The summed E-state index contributed by atoms with van der Waals surface area (Å²) < 4.78 is 2.00. The van der Waals surface area contributed by atoms with Crippen molar-refractivity contribution in [1.29, 1.82) is 0 Å². The molecule has 1 aromatic heterocycles. The van der Waals surface area contributed by atoms with Gasteiger partial charge in [0.1, 0.15) is 0 Å². The summed E-state index contributed by atoms with van der Waals surface area (Å²) in [5, 5.41) is 8.25. The molecule has 1 aliphatic rings. The van der Waals surface area contributed by atoms with Gasteiger partial charge in [0.25, 0.3) is 0 Å². The Morgan fingerprint density at radius 1 is 1.30 bits per heavy atom. The quantitative estimate of drug-likeness (QED) is 0.595. The van der Waals surface area contributed by atoms with E-state index in [2.05, 4.69) is 29.6 Å². The lowest BCUT2D eigenvalue weighted by Crippen LogP contribution is -2.36. The van der Waals surface area contributed by atoms with Gasteiger partial charge in [0.2, 0.25) is 0 Å². The number of aryl methyl sites for hydroxylation is 1. The third kappa shape index (κ3) is 3.58. The number of rotatable bonds is 7. The maximum Gasteiger partial charge on any atom is 0.0772 e. The molecule has 0 spiro atoms. The topological polar surface area (TPSA) is 68.8 Å². The Labute approximate surface area is 122 Å². The van der Waals surface area contributed by atoms with Crippen molar-refractivity contribution in [2.45, 2.75) is 71.4 Å². The molecule has 20 heavy (non-hydrogen) atoms. The summed E-state index contributed by atoms with van der Waals surface area (Å²) in [5.74, 6) is 7.37. The number of nitrogens with one attached hydrogen (secondary N) is 1. The van der Waals surface area contributed by atoms with E-state index >= 15 is 0 Å². The summed E-state index contributed by atoms with van der Waals surface area (Å²) >= 11 is 0. The monoisotopic (exact) mass is 279 g/mol. The molecule has 0 radical (unpaired) electrons. The minimum Gasteiger partial charge on any atom is -0.271 e. The molecule has 1 fully saturated rings.